The lowest BCUT2D eigenvalue weighted by molar-refractivity contribution is -0.502. The van der Waals surface area contributed by atoms with Gasteiger partial charge in [0.15, 0.2) is 0 Å². The Bertz CT molecular complexity index is 193. The Labute approximate surface area is 96.6 Å². The molecule has 0 aliphatic carbocycles. The van der Waals surface area contributed by atoms with Crippen LogP contribution in [0.25, 0.3) is 0 Å². The lowest BCUT2D eigenvalue weighted by Gasteiger charge is -2.46. The van der Waals surface area contributed by atoms with Gasteiger partial charge in [-0.1, -0.05) is 0 Å². The van der Waals surface area contributed by atoms with E-state index in [-0.39, 0.29) is 0 Å². The molecule has 1 atom stereocenters. The van der Waals surface area contributed by atoms with E-state index >= 15 is 0 Å². The van der Waals surface area contributed by atoms with Crippen LogP contribution in [0.2, 0.25) is 0 Å². The zero-order valence-corrected chi connectivity index (χ0v) is 10.3. The fraction of sp³-hybridized carbons (Fsp3) is 1.00. The molecule has 1 N–H and O–H groups in total. The SMILES string of the molecule is CCOC1(O)CCCOC1(OCC)OCC. The Morgan fingerprint density at radius 2 is 1.62 bits per heavy atom. The van der Waals surface area contributed by atoms with E-state index < -0.39 is 11.8 Å². The molecule has 0 aromatic rings. The van der Waals surface area contributed by atoms with Gasteiger partial charge in [0.1, 0.15) is 0 Å². The van der Waals surface area contributed by atoms with Crippen molar-refractivity contribution in [3.8, 4) is 0 Å². The Morgan fingerprint density at radius 3 is 2.12 bits per heavy atom. The third-order valence-corrected chi connectivity index (χ3v) is 2.48. The normalized spacial score (nSPS) is 29.2. The maximum Gasteiger partial charge on any atom is 0.340 e. The predicted molar refractivity (Wildman–Crippen MR) is 57.7 cm³/mol. The smallest absolute Gasteiger partial charge is 0.340 e. The van der Waals surface area contributed by atoms with Crippen LogP contribution in [-0.4, -0.2) is 43.3 Å². The molecule has 16 heavy (non-hydrogen) atoms. The Hall–Kier alpha value is -0.200. The zero-order chi connectivity index (χ0) is 12.1. The molecule has 0 radical (unpaired) electrons. The first-order valence-corrected chi connectivity index (χ1v) is 5.92. The van der Waals surface area contributed by atoms with E-state index in [0.29, 0.717) is 32.8 Å². The van der Waals surface area contributed by atoms with Crippen LogP contribution in [0.5, 0.6) is 0 Å². The van der Waals surface area contributed by atoms with E-state index in [1.807, 2.05) is 20.8 Å². The summed E-state index contributed by atoms with van der Waals surface area (Å²) >= 11 is 0. The lowest BCUT2D eigenvalue weighted by Crippen LogP contribution is -2.63. The summed E-state index contributed by atoms with van der Waals surface area (Å²) in [6, 6.07) is 0. The van der Waals surface area contributed by atoms with Gasteiger partial charge < -0.3 is 24.1 Å². The van der Waals surface area contributed by atoms with E-state index in [0.717, 1.165) is 6.42 Å². The number of aliphatic hydroxyl groups is 1. The molecule has 5 nitrogen and oxygen atoms in total. The first kappa shape index (κ1) is 13.9. The molecule has 0 spiro atoms. The Balaban J connectivity index is 2.88. The first-order chi connectivity index (χ1) is 7.64. The van der Waals surface area contributed by atoms with Crippen LogP contribution < -0.4 is 0 Å². The van der Waals surface area contributed by atoms with Crippen molar-refractivity contribution in [3.05, 3.63) is 0 Å². The average Bonchev–Trinajstić information content (AvgIpc) is 2.24. The minimum atomic E-state index is -1.52. The summed E-state index contributed by atoms with van der Waals surface area (Å²) in [5, 5.41) is 10.4. The second-order valence-electron chi connectivity index (χ2n) is 3.59. The van der Waals surface area contributed by atoms with Crippen LogP contribution in [0.1, 0.15) is 33.6 Å². The van der Waals surface area contributed by atoms with Gasteiger partial charge in [-0.05, 0) is 27.2 Å². The van der Waals surface area contributed by atoms with E-state index in [9.17, 15) is 5.11 Å². The fourth-order valence-corrected chi connectivity index (χ4v) is 1.91. The van der Waals surface area contributed by atoms with Gasteiger partial charge in [-0.25, -0.2) is 0 Å². The standard InChI is InChI=1S/C11H22O5/c1-4-13-10(12)8-7-9-16-11(10,14-5-2)15-6-3/h12H,4-9H2,1-3H3. The van der Waals surface area contributed by atoms with Crippen molar-refractivity contribution < 1.29 is 24.1 Å². The van der Waals surface area contributed by atoms with Gasteiger partial charge in [-0.15, -0.1) is 0 Å². The second-order valence-corrected chi connectivity index (χ2v) is 3.59. The summed E-state index contributed by atoms with van der Waals surface area (Å²) in [5.74, 6) is -3.00. The molecule has 1 saturated heterocycles. The van der Waals surface area contributed by atoms with Crippen LogP contribution in [0, 0.1) is 0 Å². The molecule has 0 bridgehead atoms. The Kier molecular flexibility index (Phi) is 5.14. The molecule has 1 aliphatic heterocycles. The van der Waals surface area contributed by atoms with Crippen molar-refractivity contribution in [3.63, 3.8) is 0 Å². The molecule has 1 unspecified atom stereocenters. The second kappa shape index (κ2) is 5.93. The van der Waals surface area contributed by atoms with Crippen LogP contribution in [-0.2, 0) is 18.9 Å². The number of ether oxygens (including phenoxy) is 4. The highest BCUT2D eigenvalue weighted by atomic mass is 16.9. The third-order valence-electron chi connectivity index (χ3n) is 2.48. The summed E-state index contributed by atoms with van der Waals surface area (Å²) in [6.07, 6.45) is 1.17. The van der Waals surface area contributed by atoms with Crippen molar-refractivity contribution in [1.82, 2.24) is 0 Å². The number of rotatable bonds is 6. The van der Waals surface area contributed by atoms with Gasteiger partial charge in [0, 0.05) is 26.2 Å². The molecule has 1 fully saturated rings. The summed E-state index contributed by atoms with van der Waals surface area (Å²) in [6.45, 7) is 7.10. The van der Waals surface area contributed by atoms with Crippen LogP contribution in [0.3, 0.4) is 0 Å². The average molecular weight is 234 g/mol. The molecule has 0 amide bonds. The molecule has 1 aliphatic rings. The van der Waals surface area contributed by atoms with Crippen molar-refractivity contribution >= 4 is 0 Å². The molecule has 1 rings (SSSR count). The molecule has 96 valence electrons. The van der Waals surface area contributed by atoms with E-state index in [2.05, 4.69) is 0 Å². The highest BCUT2D eigenvalue weighted by Gasteiger charge is 2.57. The lowest BCUT2D eigenvalue weighted by atomic mass is 10.1. The van der Waals surface area contributed by atoms with E-state index in [4.69, 9.17) is 18.9 Å². The van der Waals surface area contributed by atoms with E-state index in [1.54, 1.807) is 0 Å². The number of hydrogen-bond acceptors (Lipinski definition) is 5. The first-order valence-electron chi connectivity index (χ1n) is 5.92. The van der Waals surface area contributed by atoms with Crippen molar-refractivity contribution in [1.29, 1.82) is 0 Å². The molecule has 1 heterocycles. The summed E-state index contributed by atoms with van der Waals surface area (Å²) < 4.78 is 21.8. The van der Waals surface area contributed by atoms with Gasteiger partial charge in [-0.3, -0.25) is 0 Å². The van der Waals surface area contributed by atoms with Crippen LogP contribution in [0.4, 0.5) is 0 Å². The van der Waals surface area contributed by atoms with Crippen molar-refractivity contribution in [2.24, 2.45) is 0 Å². The molecular weight excluding hydrogens is 212 g/mol. The minimum absolute atomic E-state index is 0.377. The van der Waals surface area contributed by atoms with Crippen LogP contribution in [0.15, 0.2) is 0 Å². The van der Waals surface area contributed by atoms with Gasteiger partial charge in [0.05, 0.1) is 6.61 Å². The van der Waals surface area contributed by atoms with Crippen molar-refractivity contribution in [2.45, 2.75) is 45.4 Å². The van der Waals surface area contributed by atoms with Gasteiger partial charge in [0.25, 0.3) is 0 Å². The molecule has 0 saturated carbocycles. The predicted octanol–water partition coefficient (Wildman–Crippen LogP) is 1.25. The topological polar surface area (TPSA) is 57.2 Å². The zero-order valence-electron chi connectivity index (χ0n) is 10.3. The highest BCUT2D eigenvalue weighted by molar-refractivity contribution is 4.84. The van der Waals surface area contributed by atoms with Crippen molar-refractivity contribution in [2.75, 3.05) is 26.4 Å². The van der Waals surface area contributed by atoms with Gasteiger partial charge in [-0.2, -0.15) is 0 Å². The summed E-state index contributed by atoms with van der Waals surface area (Å²) in [7, 11) is 0. The molecule has 0 aromatic carbocycles. The Morgan fingerprint density at radius 1 is 1.06 bits per heavy atom. The monoisotopic (exact) mass is 234 g/mol. The van der Waals surface area contributed by atoms with Gasteiger partial charge >= 0.3 is 5.97 Å². The maximum absolute atomic E-state index is 10.4. The molecule has 0 aromatic heterocycles. The fourth-order valence-electron chi connectivity index (χ4n) is 1.91. The maximum atomic E-state index is 10.4. The molecular formula is C11H22O5. The minimum Gasteiger partial charge on any atom is -0.359 e. The largest absolute Gasteiger partial charge is 0.359 e. The summed E-state index contributed by atoms with van der Waals surface area (Å²) in [5.41, 5.74) is 0. The van der Waals surface area contributed by atoms with Gasteiger partial charge in [0.2, 0.25) is 5.79 Å². The number of hydrogen-bond donors (Lipinski definition) is 1. The highest BCUT2D eigenvalue weighted by Crippen LogP contribution is 2.38. The third kappa shape index (κ3) is 2.55. The molecule has 5 heteroatoms. The van der Waals surface area contributed by atoms with Crippen LogP contribution >= 0.6 is 0 Å². The van der Waals surface area contributed by atoms with E-state index in [1.165, 1.54) is 0 Å². The quantitative estimate of drug-likeness (QED) is 0.701. The summed E-state index contributed by atoms with van der Waals surface area (Å²) in [4.78, 5) is 0.